The summed E-state index contributed by atoms with van der Waals surface area (Å²) in [5.74, 6) is 0.606. The SMILES string of the molecule is CCC(CC)[C@H](CNC(=O)[C@H]1CCCN(C(=O)c2cccs2)C1)N1CCOCC1. The number of hydrogen-bond acceptors (Lipinski definition) is 5. The number of amides is 2. The molecule has 0 unspecified atom stereocenters. The molecule has 2 fully saturated rings. The van der Waals surface area contributed by atoms with Gasteiger partial charge in [0.1, 0.15) is 0 Å². The molecule has 3 heterocycles. The summed E-state index contributed by atoms with van der Waals surface area (Å²) in [4.78, 5) is 30.7. The van der Waals surface area contributed by atoms with Gasteiger partial charge in [-0.05, 0) is 30.2 Å². The molecule has 2 saturated heterocycles. The van der Waals surface area contributed by atoms with Crippen molar-refractivity contribution in [3.05, 3.63) is 22.4 Å². The lowest BCUT2D eigenvalue weighted by molar-refractivity contribution is -0.126. The Kier molecular flexibility index (Phi) is 8.51. The Balaban J connectivity index is 1.56. The van der Waals surface area contributed by atoms with Crippen LogP contribution in [-0.4, -0.2) is 73.6 Å². The number of likely N-dealkylation sites (tertiary alicyclic amines) is 1. The molecule has 162 valence electrons. The molecule has 0 aromatic carbocycles. The van der Waals surface area contributed by atoms with Crippen molar-refractivity contribution in [1.29, 1.82) is 0 Å². The maximum absolute atomic E-state index is 12.9. The Morgan fingerprint density at radius 3 is 2.66 bits per heavy atom. The smallest absolute Gasteiger partial charge is 0.263 e. The lowest BCUT2D eigenvalue weighted by Crippen LogP contribution is -2.53. The second-order valence-electron chi connectivity index (χ2n) is 8.11. The molecule has 2 aliphatic heterocycles. The molecule has 7 heteroatoms. The van der Waals surface area contributed by atoms with Crippen molar-refractivity contribution in [2.45, 2.75) is 45.6 Å². The summed E-state index contributed by atoms with van der Waals surface area (Å²) in [7, 11) is 0. The van der Waals surface area contributed by atoms with Gasteiger partial charge in [-0.25, -0.2) is 0 Å². The van der Waals surface area contributed by atoms with E-state index in [1.54, 1.807) is 0 Å². The van der Waals surface area contributed by atoms with E-state index >= 15 is 0 Å². The predicted octanol–water partition coefficient (Wildman–Crippen LogP) is 2.85. The van der Waals surface area contributed by atoms with Crippen LogP contribution in [0, 0.1) is 11.8 Å². The highest BCUT2D eigenvalue weighted by Gasteiger charge is 2.31. The Morgan fingerprint density at radius 2 is 2.00 bits per heavy atom. The fourth-order valence-electron chi connectivity index (χ4n) is 4.62. The Morgan fingerprint density at radius 1 is 1.24 bits per heavy atom. The van der Waals surface area contributed by atoms with Crippen LogP contribution >= 0.6 is 11.3 Å². The van der Waals surface area contributed by atoms with E-state index in [2.05, 4.69) is 24.1 Å². The summed E-state index contributed by atoms with van der Waals surface area (Å²) in [6, 6.07) is 4.11. The quantitative estimate of drug-likeness (QED) is 0.701. The van der Waals surface area contributed by atoms with Crippen LogP contribution in [-0.2, 0) is 9.53 Å². The third-order valence-corrected chi connectivity index (χ3v) is 7.26. The van der Waals surface area contributed by atoms with E-state index in [0.717, 1.165) is 63.4 Å². The van der Waals surface area contributed by atoms with Crippen molar-refractivity contribution in [2.75, 3.05) is 45.9 Å². The molecule has 3 rings (SSSR count). The summed E-state index contributed by atoms with van der Waals surface area (Å²) in [5, 5.41) is 5.16. The van der Waals surface area contributed by atoms with E-state index in [9.17, 15) is 9.59 Å². The first-order valence-electron chi connectivity index (χ1n) is 11.1. The maximum Gasteiger partial charge on any atom is 0.263 e. The van der Waals surface area contributed by atoms with Crippen LogP contribution in [0.5, 0.6) is 0 Å². The van der Waals surface area contributed by atoms with E-state index < -0.39 is 0 Å². The highest BCUT2D eigenvalue weighted by Crippen LogP contribution is 2.22. The van der Waals surface area contributed by atoms with Gasteiger partial charge in [0.25, 0.3) is 5.91 Å². The number of nitrogens with one attached hydrogen (secondary N) is 1. The van der Waals surface area contributed by atoms with Gasteiger partial charge in [0.2, 0.25) is 5.91 Å². The van der Waals surface area contributed by atoms with Gasteiger partial charge in [-0.1, -0.05) is 32.8 Å². The topological polar surface area (TPSA) is 61.9 Å². The highest BCUT2D eigenvalue weighted by atomic mass is 32.1. The number of thiophene rings is 1. The van der Waals surface area contributed by atoms with Gasteiger partial charge >= 0.3 is 0 Å². The van der Waals surface area contributed by atoms with E-state index in [0.29, 0.717) is 25.0 Å². The second-order valence-corrected chi connectivity index (χ2v) is 9.05. The van der Waals surface area contributed by atoms with Crippen LogP contribution in [0.15, 0.2) is 17.5 Å². The van der Waals surface area contributed by atoms with Crippen LogP contribution in [0.2, 0.25) is 0 Å². The minimum atomic E-state index is -0.111. The second kappa shape index (κ2) is 11.1. The molecule has 0 spiro atoms. The molecule has 1 N–H and O–H groups in total. The van der Waals surface area contributed by atoms with Crippen LogP contribution < -0.4 is 5.32 Å². The molecule has 1 aromatic rings. The van der Waals surface area contributed by atoms with E-state index in [1.165, 1.54) is 11.3 Å². The van der Waals surface area contributed by atoms with Crippen molar-refractivity contribution in [3.63, 3.8) is 0 Å². The zero-order valence-corrected chi connectivity index (χ0v) is 18.6. The van der Waals surface area contributed by atoms with Gasteiger partial charge in [-0.15, -0.1) is 11.3 Å². The number of carbonyl (C=O) groups is 2. The van der Waals surface area contributed by atoms with Crippen molar-refractivity contribution in [3.8, 4) is 0 Å². The summed E-state index contributed by atoms with van der Waals surface area (Å²) < 4.78 is 5.52. The lowest BCUT2D eigenvalue weighted by Gasteiger charge is -2.39. The van der Waals surface area contributed by atoms with Crippen molar-refractivity contribution in [2.24, 2.45) is 11.8 Å². The first-order valence-corrected chi connectivity index (χ1v) is 11.9. The first-order chi connectivity index (χ1) is 14.1. The van der Waals surface area contributed by atoms with Crippen LogP contribution in [0.4, 0.5) is 0 Å². The molecule has 0 aliphatic carbocycles. The number of piperidine rings is 1. The largest absolute Gasteiger partial charge is 0.379 e. The molecular formula is C22H35N3O3S. The summed E-state index contributed by atoms with van der Waals surface area (Å²) in [6.45, 7) is 9.82. The van der Waals surface area contributed by atoms with E-state index in [-0.39, 0.29) is 17.7 Å². The number of hydrogen-bond donors (Lipinski definition) is 1. The monoisotopic (exact) mass is 421 g/mol. The van der Waals surface area contributed by atoms with Crippen molar-refractivity contribution >= 4 is 23.2 Å². The van der Waals surface area contributed by atoms with Gasteiger partial charge in [-0.3, -0.25) is 14.5 Å². The van der Waals surface area contributed by atoms with Crippen molar-refractivity contribution < 1.29 is 14.3 Å². The van der Waals surface area contributed by atoms with E-state index in [1.807, 2.05) is 22.4 Å². The molecule has 0 bridgehead atoms. The first kappa shape index (κ1) is 22.2. The average Bonchev–Trinajstić information content (AvgIpc) is 3.31. The molecular weight excluding hydrogens is 386 g/mol. The molecule has 6 nitrogen and oxygen atoms in total. The minimum absolute atomic E-state index is 0.0562. The fourth-order valence-corrected chi connectivity index (χ4v) is 5.31. The number of morpholine rings is 1. The Bertz CT molecular complexity index is 642. The molecule has 29 heavy (non-hydrogen) atoms. The van der Waals surface area contributed by atoms with E-state index in [4.69, 9.17) is 4.74 Å². The molecule has 1 aromatic heterocycles. The number of ether oxygens (including phenoxy) is 1. The van der Waals surface area contributed by atoms with Gasteiger partial charge < -0.3 is 15.0 Å². The number of rotatable bonds is 8. The number of carbonyl (C=O) groups excluding carboxylic acids is 2. The standard InChI is InChI=1S/C22H35N3O3S/c1-3-17(4-2)19(24-10-12-28-13-11-24)15-23-21(26)18-7-5-9-25(16-18)22(27)20-8-6-14-29-20/h6,8,14,17-19H,3-5,7,9-13,15-16H2,1-2H3,(H,23,26)/t18-,19-/m0/s1. The molecule has 0 radical (unpaired) electrons. The number of nitrogens with zero attached hydrogens (tertiary/aromatic N) is 2. The Labute approximate surface area is 178 Å². The molecule has 2 atom stereocenters. The van der Waals surface area contributed by atoms with Gasteiger partial charge in [0.15, 0.2) is 0 Å². The van der Waals surface area contributed by atoms with Crippen LogP contribution in [0.3, 0.4) is 0 Å². The van der Waals surface area contributed by atoms with Crippen LogP contribution in [0.25, 0.3) is 0 Å². The Hall–Kier alpha value is -1.44. The summed E-state index contributed by atoms with van der Waals surface area (Å²) in [6.07, 6.45) is 3.96. The van der Waals surface area contributed by atoms with Gasteiger partial charge in [-0.2, -0.15) is 0 Å². The molecule has 0 saturated carbocycles. The van der Waals surface area contributed by atoms with Gasteiger partial charge in [0, 0.05) is 38.8 Å². The fraction of sp³-hybridized carbons (Fsp3) is 0.727. The zero-order chi connectivity index (χ0) is 20.6. The average molecular weight is 422 g/mol. The normalized spacial score (nSPS) is 21.9. The zero-order valence-electron chi connectivity index (χ0n) is 17.8. The predicted molar refractivity (Wildman–Crippen MR) is 116 cm³/mol. The maximum atomic E-state index is 12.9. The van der Waals surface area contributed by atoms with Crippen LogP contribution in [0.1, 0.15) is 49.2 Å². The third kappa shape index (κ3) is 5.80. The summed E-state index contributed by atoms with van der Waals surface area (Å²) >= 11 is 1.46. The minimum Gasteiger partial charge on any atom is -0.379 e. The van der Waals surface area contributed by atoms with Gasteiger partial charge in [0.05, 0.1) is 24.0 Å². The third-order valence-electron chi connectivity index (χ3n) is 6.40. The van der Waals surface area contributed by atoms with Crippen molar-refractivity contribution in [1.82, 2.24) is 15.1 Å². The highest BCUT2D eigenvalue weighted by molar-refractivity contribution is 7.12. The summed E-state index contributed by atoms with van der Waals surface area (Å²) in [5.41, 5.74) is 0. The lowest BCUT2D eigenvalue weighted by atomic mass is 9.91. The molecule has 2 aliphatic rings. The molecule has 2 amide bonds.